The van der Waals surface area contributed by atoms with E-state index in [1.54, 1.807) is 11.3 Å². The van der Waals surface area contributed by atoms with Crippen molar-refractivity contribution in [2.24, 2.45) is 0 Å². The van der Waals surface area contributed by atoms with Crippen molar-refractivity contribution in [3.63, 3.8) is 0 Å². The Labute approximate surface area is 168 Å². The lowest BCUT2D eigenvalue weighted by atomic mass is 10.1. The van der Waals surface area contributed by atoms with Crippen molar-refractivity contribution in [3.8, 4) is 5.75 Å². The molecule has 0 spiro atoms. The standard InChI is InChI=1S/C19H17F2N3O2S2/c20-18(21)26-14-7-3-12(4-8-14)16(25)11-28-19-23-22-17(24(19)13-5-6-13)10-15-2-1-9-27-15/h1-4,7-9,13,18H,5-6,10-11H2. The van der Waals surface area contributed by atoms with Gasteiger partial charge in [-0.15, -0.1) is 21.5 Å². The van der Waals surface area contributed by atoms with E-state index in [9.17, 15) is 13.6 Å². The van der Waals surface area contributed by atoms with E-state index in [4.69, 9.17) is 0 Å². The Bertz CT molecular complexity index is 939. The summed E-state index contributed by atoms with van der Waals surface area (Å²) in [5.41, 5.74) is 0.449. The molecule has 0 atom stereocenters. The molecule has 0 aliphatic heterocycles. The number of carbonyl (C=O) groups excluding carboxylic acids is 1. The molecule has 0 unspecified atom stereocenters. The number of carbonyl (C=O) groups is 1. The van der Waals surface area contributed by atoms with Crippen LogP contribution in [0.1, 0.15) is 39.9 Å². The summed E-state index contributed by atoms with van der Waals surface area (Å²) in [6, 6.07) is 10.2. The van der Waals surface area contributed by atoms with Crippen molar-refractivity contribution in [1.82, 2.24) is 14.8 Å². The summed E-state index contributed by atoms with van der Waals surface area (Å²) in [7, 11) is 0. The molecular formula is C19H17F2N3O2S2. The monoisotopic (exact) mass is 421 g/mol. The molecule has 0 N–H and O–H groups in total. The van der Waals surface area contributed by atoms with Crippen molar-refractivity contribution in [2.75, 3.05) is 5.75 Å². The summed E-state index contributed by atoms with van der Waals surface area (Å²) in [5.74, 6) is 1.07. The number of thiophene rings is 1. The first-order valence-electron chi connectivity index (χ1n) is 8.77. The van der Waals surface area contributed by atoms with E-state index >= 15 is 0 Å². The van der Waals surface area contributed by atoms with Gasteiger partial charge in [-0.05, 0) is 48.6 Å². The van der Waals surface area contributed by atoms with E-state index in [1.807, 2.05) is 11.4 Å². The van der Waals surface area contributed by atoms with Gasteiger partial charge in [0.1, 0.15) is 11.6 Å². The summed E-state index contributed by atoms with van der Waals surface area (Å²) in [4.78, 5) is 13.7. The number of benzene rings is 1. The van der Waals surface area contributed by atoms with Crippen LogP contribution in [-0.2, 0) is 6.42 Å². The van der Waals surface area contributed by atoms with Gasteiger partial charge < -0.3 is 9.30 Å². The van der Waals surface area contributed by atoms with Crippen LogP contribution in [0.2, 0.25) is 0 Å². The average molecular weight is 421 g/mol. The van der Waals surface area contributed by atoms with Crippen molar-refractivity contribution < 1.29 is 18.3 Å². The molecule has 9 heteroatoms. The van der Waals surface area contributed by atoms with Crippen molar-refractivity contribution in [1.29, 1.82) is 0 Å². The van der Waals surface area contributed by atoms with Crippen LogP contribution in [0, 0.1) is 0 Å². The van der Waals surface area contributed by atoms with Crippen molar-refractivity contribution >= 4 is 28.9 Å². The lowest BCUT2D eigenvalue weighted by molar-refractivity contribution is -0.0498. The maximum absolute atomic E-state index is 12.4. The third kappa shape index (κ3) is 4.59. The minimum atomic E-state index is -2.88. The molecule has 1 fully saturated rings. The van der Waals surface area contributed by atoms with E-state index in [0.29, 0.717) is 11.6 Å². The maximum atomic E-state index is 12.4. The largest absolute Gasteiger partial charge is 0.435 e. The lowest BCUT2D eigenvalue weighted by Crippen LogP contribution is -2.07. The van der Waals surface area contributed by atoms with E-state index in [0.717, 1.165) is 30.2 Å². The van der Waals surface area contributed by atoms with Gasteiger partial charge in [0, 0.05) is 22.9 Å². The van der Waals surface area contributed by atoms with Gasteiger partial charge in [-0.2, -0.15) is 8.78 Å². The number of thioether (sulfide) groups is 1. The highest BCUT2D eigenvalue weighted by molar-refractivity contribution is 7.99. The zero-order valence-electron chi connectivity index (χ0n) is 14.8. The minimum Gasteiger partial charge on any atom is -0.435 e. The molecule has 2 aromatic heterocycles. The second-order valence-corrected chi connectivity index (χ2v) is 8.35. The molecule has 0 amide bonds. The number of hydrogen-bond donors (Lipinski definition) is 0. The fourth-order valence-corrected chi connectivity index (χ4v) is 4.45. The normalized spacial score (nSPS) is 13.8. The summed E-state index contributed by atoms with van der Waals surface area (Å²) in [6.07, 6.45) is 2.94. The van der Waals surface area contributed by atoms with E-state index in [1.165, 1.54) is 40.9 Å². The van der Waals surface area contributed by atoms with Gasteiger partial charge in [-0.25, -0.2) is 0 Å². The highest BCUT2D eigenvalue weighted by Gasteiger charge is 2.30. The van der Waals surface area contributed by atoms with Crippen LogP contribution < -0.4 is 4.74 Å². The fraction of sp³-hybridized carbons (Fsp3) is 0.316. The smallest absolute Gasteiger partial charge is 0.387 e. The fourth-order valence-electron chi connectivity index (χ4n) is 2.83. The predicted molar refractivity (Wildman–Crippen MR) is 104 cm³/mol. The van der Waals surface area contributed by atoms with Crippen LogP contribution in [0.15, 0.2) is 46.9 Å². The van der Waals surface area contributed by atoms with Crippen LogP contribution in [-0.4, -0.2) is 32.9 Å². The number of aromatic nitrogens is 3. The number of Topliss-reactive ketones (excluding diaryl/α,β-unsaturated/α-hetero) is 1. The zero-order valence-corrected chi connectivity index (χ0v) is 16.4. The number of rotatable bonds is 9. The first-order valence-corrected chi connectivity index (χ1v) is 10.6. The molecule has 28 heavy (non-hydrogen) atoms. The summed E-state index contributed by atoms with van der Waals surface area (Å²) < 4.78 is 30.9. The molecule has 1 aliphatic rings. The molecule has 0 bridgehead atoms. The maximum Gasteiger partial charge on any atom is 0.387 e. The first kappa shape index (κ1) is 19.1. The van der Waals surface area contributed by atoms with Gasteiger partial charge in [0.15, 0.2) is 10.9 Å². The molecule has 1 saturated carbocycles. The Hall–Kier alpha value is -2.26. The Morgan fingerprint density at radius 1 is 1.25 bits per heavy atom. The predicted octanol–water partition coefficient (Wildman–Crippen LogP) is 4.84. The van der Waals surface area contributed by atoms with E-state index in [-0.39, 0.29) is 17.3 Å². The van der Waals surface area contributed by atoms with Gasteiger partial charge in [-0.3, -0.25) is 4.79 Å². The Morgan fingerprint density at radius 2 is 2.04 bits per heavy atom. The molecule has 0 radical (unpaired) electrons. The molecule has 1 aliphatic carbocycles. The highest BCUT2D eigenvalue weighted by Crippen LogP contribution is 2.39. The van der Waals surface area contributed by atoms with Gasteiger partial charge >= 0.3 is 6.61 Å². The molecule has 0 saturated heterocycles. The van der Waals surface area contributed by atoms with Crippen LogP contribution in [0.4, 0.5) is 8.78 Å². The van der Waals surface area contributed by atoms with E-state index < -0.39 is 6.61 Å². The Balaban J connectivity index is 1.41. The Kier molecular flexibility index (Phi) is 5.72. The quantitative estimate of drug-likeness (QED) is 0.365. The molecule has 3 aromatic rings. The van der Waals surface area contributed by atoms with Crippen molar-refractivity contribution in [2.45, 2.75) is 37.1 Å². The SMILES string of the molecule is O=C(CSc1nnc(Cc2cccs2)n1C1CC1)c1ccc(OC(F)F)cc1. The van der Waals surface area contributed by atoms with Gasteiger partial charge in [-0.1, -0.05) is 17.8 Å². The molecule has 2 heterocycles. The number of alkyl halides is 2. The highest BCUT2D eigenvalue weighted by atomic mass is 32.2. The van der Waals surface area contributed by atoms with Gasteiger partial charge in [0.05, 0.1) is 5.75 Å². The van der Waals surface area contributed by atoms with Crippen LogP contribution in [0.5, 0.6) is 5.75 Å². The molecule has 4 rings (SSSR count). The van der Waals surface area contributed by atoms with Crippen LogP contribution in [0.3, 0.4) is 0 Å². The third-order valence-corrected chi connectivity index (χ3v) is 6.11. The van der Waals surface area contributed by atoms with E-state index in [2.05, 4.69) is 25.6 Å². The molecular weight excluding hydrogens is 404 g/mol. The zero-order chi connectivity index (χ0) is 19.5. The second-order valence-electron chi connectivity index (χ2n) is 6.37. The second kappa shape index (κ2) is 8.40. The molecule has 1 aromatic carbocycles. The number of halogens is 2. The number of ketones is 1. The minimum absolute atomic E-state index is 0.0332. The van der Waals surface area contributed by atoms with Gasteiger partial charge in [0.25, 0.3) is 0 Å². The van der Waals surface area contributed by atoms with Gasteiger partial charge in [0.2, 0.25) is 0 Å². The Morgan fingerprint density at radius 3 is 2.68 bits per heavy atom. The number of ether oxygens (including phenoxy) is 1. The summed E-state index contributed by atoms with van der Waals surface area (Å²) in [5, 5.41) is 11.4. The first-order chi connectivity index (χ1) is 13.6. The lowest BCUT2D eigenvalue weighted by Gasteiger charge is -2.08. The third-order valence-electron chi connectivity index (χ3n) is 4.29. The molecule has 5 nitrogen and oxygen atoms in total. The summed E-state index contributed by atoms with van der Waals surface area (Å²) >= 11 is 3.05. The average Bonchev–Trinajstić information content (AvgIpc) is 3.23. The van der Waals surface area contributed by atoms with Crippen molar-refractivity contribution in [3.05, 3.63) is 58.0 Å². The van der Waals surface area contributed by atoms with Crippen LogP contribution in [0.25, 0.3) is 0 Å². The molecule has 146 valence electrons. The number of nitrogens with zero attached hydrogens (tertiary/aromatic N) is 3. The topological polar surface area (TPSA) is 57.0 Å². The summed E-state index contributed by atoms with van der Waals surface area (Å²) in [6.45, 7) is -2.88. The number of hydrogen-bond acceptors (Lipinski definition) is 6. The van der Waals surface area contributed by atoms with Crippen LogP contribution >= 0.6 is 23.1 Å².